The van der Waals surface area contributed by atoms with Crippen molar-refractivity contribution in [3.63, 3.8) is 0 Å². The van der Waals surface area contributed by atoms with E-state index in [2.05, 4.69) is 10.6 Å². The molecule has 3 heterocycles. The Morgan fingerprint density at radius 2 is 2.08 bits per heavy atom. The number of fused-ring (bicyclic) bond motifs is 1. The van der Waals surface area contributed by atoms with E-state index in [0.717, 1.165) is 24.3 Å². The van der Waals surface area contributed by atoms with E-state index in [-0.39, 0.29) is 24.1 Å². The molecule has 0 spiro atoms. The van der Waals surface area contributed by atoms with Gasteiger partial charge in [-0.1, -0.05) is 0 Å². The van der Waals surface area contributed by atoms with Crippen molar-refractivity contribution in [1.82, 2.24) is 15.5 Å². The minimum absolute atomic E-state index is 0.159. The van der Waals surface area contributed by atoms with Crippen LogP contribution in [0.15, 0.2) is 18.2 Å². The summed E-state index contributed by atoms with van der Waals surface area (Å²) in [6.07, 6.45) is 2.93. The predicted molar refractivity (Wildman–Crippen MR) is 89.0 cm³/mol. The van der Waals surface area contributed by atoms with Crippen LogP contribution in [0.4, 0.5) is 0 Å². The van der Waals surface area contributed by atoms with E-state index >= 15 is 0 Å². The summed E-state index contributed by atoms with van der Waals surface area (Å²) in [7, 11) is 0. The van der Waals surface area contributed by atoms with E-state index in [1.165, 1.54) is 6.42 Å². The molecule has 0 aliphatic carbocycles. The normalized spacial score (nSPS) is 25.9. The van der Waals surface area contributed by atoms with Crippen LogP contribution in [0.3, 0.4) is 0 Å². The molecular formula is C18H21N3O4. The van der Waals surface area contributed by atoms with E-state index in [1.54, 1.807) is 17.0 Å². The largest absolute Gasteiger partial charge is 0.492 e. The van der Waals surface area contributed by atoms with Crippen LogP contribution in [0.5, 0.6) is 5.75 Å². The first-order valence-electron chi connectivity index (χ1n) is 8.75. The summed E-state index contributed by atoms with van der Waals surface area (Å²) in [5.74, 6) is -0.0818. The molecule has 3 amide bonds. The van der Waals surface area contributed by atoms with Gasteiger partial charge in [0, 0.05) is 24.6 Å². The summed E-state index contributed by atoms with van der Waals surface area (Å²) >= 11 is 0. The van der Waals surface area contributed by atoms with Gasteiger partial charge in [0.05, 0.1) is 0 Å². The Morgan fingerprint density at radius 3 is 2.84 bits per heavy atom. The summed E-state index contributed by atoms with van der Waals surface area (Å²) < 4.78 is 5.85. The molecule has 2 saturated heterocycles. The third-order valence-electron chi connectivity index (χ3n) is 5.11. The molecule has 3 aliphatic rings. The highest BCUT2D eigenvalue weighted by Gasteiger charge is 2.39. The van der Waals surface area contributed by atoms with E-state index in [9.17, 15) is 14.4 Å². The third-order valence-corrected chi connectivity index (χ3v) is 5.11. The van der Waals surface area contributed by atoms with E-state index in [0.29, 0.717) is 31.2 Å². The van der Waals surface area contributed by atoms with E-state index in [1.807, 2.05) is 6.07 Å². The van der Waals surface area contributed by atoms with Crippen molar-refractivity contribution < 1.29 is 19.1 Å². The maximum atomic E-state index is 12.6. The number of benzene rings is 1. The average molecular weight is 343 g/mol. The van der Waals surface area contributed by atoms with Gasteiger partial charge in [0.1, 0.15) is 18.4 Å². The first-order chi connectivity index (χ1) is 12.1. The van der Waals surface area contributed by atoms with Gasteiger partial charge in [0.25, 0.3) is 5.91 Å². The Balaban J connectivity index is 1.45. The van der Waals surface area contributed by atoms with E-state index in [4.69, 9.17) is 4.74 Å². The standard InChI is InChI=1S/C18H21N3O4/c22-16-6-5-15(17(23)20-16)21-9-11-8-13(3-4-14(11)18(21)24)25-10-12-2-1-7-19-12/h3-4,8,12,15,19H,1-2,5-7,9-10H2,(H,20,22,23)/t12-,15?/m1/s1. The lowest BCUT2D eigenvalue weighted by molar-refractivity contribution is -0.136. The van der Waals surface area contributed by atoms with Crippen LogP contribution in [0.25, 0.3) is 0 Å². The molecule has 7 heteroatoms. The van der Waals surface area contributed by atoms with Crippen LogP contribution in [0.2, 0.25) is 0 Å². The van der Waals surface area contributed by atoms with Crippen LogP contribution in [-0.2, 0) is 16.1 Å². The minimum Gasteiger partial charge on any atom is -0.492 e. The first kappa shape index (κ1) is 16.1. The number of carbonyl (C=O) groups is 3. The number of rotatable bonds is 4. The number of amides is 3. The minimum atomic E-state index is -0.579. The molecule has 0 saturated carbocycles. The number of imide groups is 1. The Hall–Kier alpha value is -2.41. The number of piperidine rings is 1. The number of hydrogen-bond acceptors (Lipinski definition) is 5. The van der Waals surface area contributed by atoms with Crippen molar-refractivity contribution >= 4 is 17.7 Å². The molecule has 2 atom stereocenters. The summed E-state index contributed by atoms with van der Waals surface area (Å²) in [6.45, 7) is 2.02. The number of nitrogens with zero attached hydrogens (tertiary/aromatic N) is 1. The predicted octanol–water partition coefficient (Wildman–Crippen LogP) is 0.578. The van der Waals surface area contributed by atoms with Gasteiger partial charge >= 0.3 is 0 Å². The zero-order valence-corrected chi connectivity index (χ0v) is 13.9. The fraction of sp³-hybridized carbons (Fsp3) is 0.500. The van der Waals surface area contributed by atoms with E-state index < -0.39 is 6.04 Å². The Bertz CT molecular complexity index is 727. The quantitative estimate of drug-likeness (QED) is 0.781. The maximum Gasteiger partial charge on any atom is 0.255 e. The SMILES string of the molecule is O=C1CCC(N2Cc3cc(OC[C@H]4CCCN4)ccc3C2=O)C(=O)N1. The van der Waals surface area contributed by atoms with Gasteiger partial charge in [0.2, 0.25) is 11.8 Å². The molecule has 25 heavy (non-hydrogen) atoms. The lowest BCUT2D eigenvalue weighted by Gasteiger charge is -2.29. The number of hydrogen-bond donors (Lipinski definition) is 2. The molecular weight excluding hydrogens is 322 g/mol. The lowest BCUT2D eigenvalue weighted by atomic mass is 10.0. The van der Waals surface area contributed by atoms with Crippen molar-refractivity contribution in [2.24, 2.45) is 0 Å². The number of nitrogens with one attached hydrogen (secondary N) is 2. The van der Waals surface area contributed by atoms with Crippen molar-refractivity contribution in [1.29, 1.82) is 0 Å². The Kier molecular flexibility index (Phi) is 4.17. The average Bonchev–Trinajstić information content (AvgIpc) is 3.21. The topological polar surface area (TPSA) is 87.7 Å². The Labute approximate surface area is 145 Å². The molecule has 3 aliphatic heterocycles. The van der Waals surface area contributed by atoms with Crippen molar-refractivity contribution in [2.75, 3.05) is 13.2 Å². The maximum absolute atomic E-state index is 12.6. The van der Waals surface area contributed by atoms with Gasteiger partial charge in [-0.05, 0) is 49.6 Å². The molecule has 1 aromatic carbocycles. The second-order valence-corrected chi connectivity index (χ2v) is 6.82. The Morgan fingerprint density at radius 1 is 1.20 bits per heavy atom. The summed E-state index contributed by atoms with van der Waals surface area (Å²) in [6, 6.07) is 5.26. The summed E-state index contributed by atoms with van der Waals surface area (Å²) in [5, 5.41) is 5.70. The van der Waals surface area contributed by atoms with Crippen molar-refractivity contribution in [3.05, 3.63) is 29.3 Å². The van der Waals surface area contributed by atoms with Gasteiger partial charge in [-0.15, -0.1) is 0 Å². The van der Waals surface area contributed by atoms with Crippen LogP contribution >= 0.6 is 0 Å². The number of ether oxygens (including phenoxy) is 1. The van der Waals surface area contributed by atoms with Crippen LogP contribution in [0, 0.1) is 0 Å². The molecule has 2 fully saturated rings. The second kappa shape index (κ2) is 6.48. The van der Waals surface area contributed by atoms with Crippen molar-refractivity contribution in [2.45, 2.75) is 44.3 Å². The fourth-order valence-electron chi connectivity index (χ4n) is 3.74. The molecule has 1 aromatic rings. The van der Waals surface area contributed by atoms with Crippen LogP contribution in [-0.4, -0.2) is 47.9 Å². The second-order valence-electron chi connectivity index (χ2n) is 6.82. The van der Waals surface area contributed by atoms with Gasteiger partial charge in [-0.3, -0.25) is 19.7 Å². The monoisotopic (exact) mass is 343 g/mol. The highest BCUT2D eigenvalue weighted by atomic mass is 16.5. The fourth-order valence-corrected chi connectivity index (χ4v) is 3.74. The zero-order chi connectivity index (χ0) is 17.4. The number of carbonyl (C=O) groups excluding carboxylic acids is 3. The van der Waals surface area contributed by atoms with Crippen LogP contribution in [0.1, 0.15) is 41.6 Å². The summed E-state index contributed by atoms with van der Waals surface area (Å²) in [5.41, 5.74) is 1.47. The third kappa shape index (κ3) is 3.11. The van der Waals surface area contributed by atoms with Crippen LogP contribution < -0.4 is 15.4 Å². The molecule has 0 aromatic heterocycles. The smallest absolute Gasteiger partial charge is 0.255 e. The highest BCUT2D eigenvalue weighted by Crippen LogP contribution is 2.30. The highest BCUT2D eigenvalue weighted by molar-refractivity contribution is 6.05. The molecule has 0 bridgehead atoms. The van der Waals surface area contributed by atoms with Crippen molar-refractivity contribution in [3.8, 4) is 5.75 Å². The molecule has 4 rings (SSSR count). The van der Waals surface area contributed by atoms with Gasteiger partial charge in [-0.2, -0.15) is 0 Å². The first-order valence-corrected chi connectivity index (χ1v) is 8.75. The summed E-state index contributed by atoms with van der Waals surface area (Å²) in [4.78, 5) is 37.5. The van der Waals surface area contributed by atoms with Gasteiger partial charge < -0.3 is 15.0 Å². The molecule has 7 nitrogen and oxygen atoms in total. The zero-order valence-electron chi connectivity index (χ0n) is 13.9. The van der Waals surface area contributed by atoms with Gasteiger partial charge in [-0.25, -0.2) is 0 Å². The molecule has 1 unspecified atom stereocenters. The molecule has 0 radical (unpaired) electrons. The lowest BCUT2D eigenvalue weighted by Crippen LogP contribution is -2.52. The van der Waals surface area contributed by atoms with Gasteiger partial charge in [0.15, 0.2) is 0 Å². The molecule has 2 N–H and O–H groups in total. The molecule has 132 valence electrons.